The highest BCUT2D eigenvalue weighted by molar-refractivity contribution is 5.25. The molecule has 0 fully saturated rings. The van der Waals surface area contributed by atoms with Gasteiger partial charge in [0.25, 0.3) is 0 Å². The molecule has 0 spiro atoms. The van der Waals surface area contributed by atoms with Gasteiger partial charge >= 0.3 is 0 Å². The van der Waals surface area contributed by atoms with E-state index < -0.39 is 0 Å². The molecule has 18 heavy (non-hydrogen) atoms. The average molecular weight is 249 g/mol. The molecule has 0 saturated carbocycles. The Bertz CT molecular complexity index is 331. The van der Waals surface area contributed by atoms with Gasteiger partial charge in [-0.25, -0.2) is 0 Å². The maximum atomic E-state index is 9.56. The van der Waals surface area contributed by atoms with Gasteiger partial charge in [-0.3, -0.25) is 0 Å². The van der Waals surface area contributed by atoms with E-state index in [0.717, 1.165) is 6.42 Å². The molecule has 0 aliphatic carbocycles. The highest BCUT2D eigenvalue weighted by Gasteiger charge is 2.23. The smallest absolute Gasteiger partial charge is 0.0479 e. The summed E-state index contributed by atoms with van der Waals surface area (Å²) in [7, 11) is 1.97. The van der Waals surface area contributed by atoms with Gasteiger partial charge in [0.2, 0.25) is 0 Å². The van der Waals surface area contributed by atoms with Gasteiger partial charge in [0.1, 0.15) is 0 Å². The molecule has 0 heterocycles. The summed E-state index contributed by atoms with van der Waals surface area (Å²) in [5, 5.41) is 12.9. The Labute approximate surface area is 111 Å². The van der Waals surface area contributed by atoms with Crippen molar-refractivity contribution in [1.82, 2.24) is 5.32 Å². The lowest BCUT2D eigenvalue weighted by Crippen LogP contribution is -2.31. The van der Waals surface area contributed by atoms with Gasteiger partial charge in [-0.05, 0) is 30.5 Å². The third kappa shape index (κ3) is 3.82. The summed E-state index contributed by atoms with van der Waals surface area (Å²) in [6, 6.07) is 9.02. The van der Waals surface area contributed by atoms with Gasteiger partial charge in [-0.15, -0.1) is 0 Å². The quantitative estimate of drug-likeness (QED) is 0.778. The Morgan fingerprint density at radius 1 is 1.17 bits per heavy atom. The summed E-state index contributed by atoms with van der Waals surface area (Å²) >= 11 is 0. The highest BCUT2D eigenvalue weighted by Crippen LogP contribution is 2.27. The molecule has 2 N–H and O–H groups in total. The number of aliphatic hydroxyl groups is 1. The topological polar surface area (TPSA) is 32.3 Å². The molecule has 0 amide bonds. The number of nitrogens with one attached hydrogen (secondary N) is 1. The standard InChI is InChI=1S/C16H27NO/c1-5-6-13-7-9-14(10-8-13)16(17-4)15(11-18)12(2)3/h7-10,12,15-18H,5-6,11H2,1-4H3. The minimum Gasteiger partial charge on any atom is -0.396 e. The molecule has 0 radical (unpaired) electrons. The van der Waals surface area contributed by atoms with Crippen LogP contribution in [0.3, 0.4) is 0 Å². The normalized spacial score (nSPS) is 14.8. The first-order chi connectivity index (χ1) is 8.63. The van der Waals surface area contributed by atoms with Gasteiger partial charge in [-0.1, -0.05) is 51.5 Å². The first-order valence-corrected chi connectivity index (χ1v) is 7.01. The van der Waals surface area contributed by atoms with Gasteiger partial charge in [-0.2, -0.15) is 0 Å². The first kappa shape index (κ1) is 15.2. The van der Waals surface area contributed by atoms with Crippen LogP contribution in [0.25, 0.3) is 0 Å². The molecule has 2 unspecified atom stereocenters. The Kier molecular flexibility index (Phi) is 6.37. The zero-order valence-corrected chi connectivity index (χ0v) is 12.1. The van der Waals surface area contributed by atoms with Gasteiger partial charge < -0.3 is 10.4 Å². The summed E-state index contributed by atoms with van der Waals surface area (Å²) in [5.74, 6) is 0.717. The van der Waals surface area contributed by atoms with Gasteiger partial charge in [0, 0.05) is 18.6 Å². The van der Waals surface area contributed by atoms with Crippen LogP contribution >= 0.6 is 0 Å². The van der Waals surface area contributed by atoms with E-state index in [2.05, 4.69) is 50.4 Å². The van der Waals surface area contributed by atoms with E-state index >= 15 is 0 Å². The Hall–Kier alpha value is -0.860. The minimum atomic E-state index is 0.222. The predicted molar refractivity (Wildman–Crippen MR) is 77.7 cm³/mol. The monoisotopic (exact) mass is 249 g/mol. The van der Waals surface area contributed by atoms with Crippen LogP contribution in [0, 0.1) is 11.8 Å². The second kappa shape index (κ2) is 7.55. The summed E-state index contributed by atoms with van der Waals surface area (Å²) in [4.78, 5) is 0. The van der Waals surface area contributed by atoms with Gasteiger partial charge in [0.05, 0.1) is 0 Å². The molecule has 0 aliphatic heterocycles. The van der Waals surface area contributed by atoms with Crippen molar-refractivity contribution in [2.24, 2.45) is 11.8 Å². The molecule has 0 bridgehead atoms. The van der Waals surface area contributed by atoms with Crippen molar-refractivity contribution >= 4 is 0 Å². The van der Waals surface area contributed by atoms with Crippen LogP contribution in [0.15, 0.2) is 24.3 Å². The van der Waals surface area contributed by atoms with Gasteiger partial charge in [0.15, 0.2) is 0 Å². The number of aliphatic hydroxyl groups excluding tert-OH is 1. The molecular weight excluding hydrogens is 222 g/mol. The van der Waals surface area contributed by atoms with Crippen LogP contribution in [0.4, 0.5) is 0 Å². The molecule has 102 valence electrons. The van der Waals surface area contributed by atoms with E-state index in [1.807, 2.05) is 7.05 Å². The van der Waals surface area contributed by atoms with Crippen molar-refractivity contribution in [2.75, 3.05) is 13.7 Å². The molecule has 1 aromatic carbocycles. The third-order valence-corrected chi connectivity index (χ3v) is 3.68. The molecule has 0 aromatic heterocycles. The molecule has 1 aromatic rings. The minimum absolute atomic E-state index is 0.222. The molecule has 1 rings (SSSR count). The molecule has 2 nitrogen and oxygen atoms in total. The van der Waals surface area contributed by atoms with Crippen molar-refractivity contribution in [3.8, 4) is 0 Å². The maximum absolute atomic E-state index is 9.56. The van der Waals surface area contributed by atoms with E-state index in [9.17, 15) is 5.11 Å². The number of hydrogen-bond donors (Lipinski definition) is 2. The molecular formula is C16H27NO. The van der Waals surface area contributed by atoms with E-state index in [-0.39, 0.29) is 18.6 Å². The van der Waals surface area contributed by atoms with Crippen molar-refractivity contribution in [3.05, 3.63) is 35.4 Å². The number of hydrogen-bond acceptors (Lipinski definition) is 2. The number of aryl methyl sites for hydroxylation is 1. The zero-order valence-electron chi connectivity index (χ0n) is 12.1. The highest BCUT2D eigenvalue weighted by atomic mass is 16.3. The lowest BCUT2D eigenvalue weighted by atomic mass is 9.85. The second-order valence-corrected chi connectivity index (χ2v) is 5.35. The predicted octanol–water partition coefficient (Wildman–Crippen LogP) is 3.16. The summed E-state index contributed by atoms with van der Waals surface area (Å²) in [6.45, 7) is 6.75. The Morgan fingerprint density at radius 2 is 1.78 bits per heavy atom. The fourth-order valence-electron chi connectivity index (χ4n) is 2.51. The van der Waals surface area contributed by atoms with Crippen LogP contribution < -0.4 is 5.32 Å². The van der Waals surface area contributed by atoms with Crippen molar-refractivity contribution < 1.29 is 5.11 Å². The fraction of sp³-hybridized carbons (Fsp3) is 0.625. The maximum Gasteiger partial charge on any atom is 0.0479 e. The number of rotatable bonds is 7. The van der Waals surface area contributed by atoms with E-state index in [0.29, 0.717) is 5.92 Å². The summed E-state index contributed by atoms with van der Waals surface area (Å²) in [5.41, 5.74) is 2.66. The fourth-order valence-corrected chi connectivity index (χ4v) is 2.51. The Balaban J connectivity index is 2.87. The molecule has 0 aliphatic rings. The second-order valence-electron chi connectivity index (χ2n) is 5.35. The zero-order chi connectivity index (χ0) is 13.5. The summed E-state index contributed by atoms with van der Waals surface area (Å²) in [6.07, 6.45) is 2.32. The molecule has 2 heteroatoms. The van der Waals surface area contributed by atoms with E-state index in [4.69, 9.17) is 0 Å². The molecule has 0 saturated heterocycles. The first-order valence-electron chi connectivity index (χ1n) is 7.01. The van der Waals surface area contributed by atoms with Crippen molar-refractivity contribution in [1.29, 1.82) is 0 Å². The van der Waals surface area contributed by atoms with Crippen LogP contribution in [0.2, 0.25) is 0 Å². The molecule has 2 atom stereocenters. The lowest BCUT2D eigenvalue weighted by molar-refractivity contribution is 0.154. The summed E-state index contributed by atoms with van der Waals surface area (Å²) < 4.78 is 0. The lowest BCUT2D eigenvalue weighted by Gasteiger charge is -2.29. The van der Waals surface area contributed by atoms with E-state index in [1.54, 1.807) is 0 Å². The largest absolute Gasteiger partial charge is 0.396 e. The SMILES string of the molecule is CCCc1ccc(C(NC)C(CO)C(C)C)cc1. The average Bonchev–Trinajstić information content (AvgIpc) is 2.37. The van der Waals surface area contributed by atoms with Crippen LogP contribution in [0.1, 0.15) is 44.4 Å². The van der Waals surface area contributed by atoms with Crippen LogP contribution in [0.5, 0.6) is 0 Å². The van der Waals surface area contributed by atoms with E-state index in [1.165, 1.54) is 17.5 Å². The Morgan fingerprint density at radius 3 is 2.17 bits per heavy atom. The van der Waals surface area contributed by atoms with Crippen LogP contribution in [-0.2, 0) is 6.42 Å². The number of benzene rings is 1. The van der Waals surface area contributed by atoms with Crippen molar-refractivity contribution in [3.63, 3.8) is 0 Å². The van der Waals surface area contributed by atoms with Crippen LogP contribution in [-0.4, -0.2) is 18.8 Å². The third-order valence-electron chi connectivity index (χ3n) is 3.68. The van der Waals surface area contributed by atoms with Crippen molar-refractivity contribution in [2.45, 2.75) is 39.7 Å².